The topological polar surface area (TPSA) is 95.4 Å². The van der Waals surface area contributed by atoms with Gasteiger partial charge in [-0.3, -0.25) is 14.7 Å². The molecule has 1 aliphatic heterocycles. The molecule has 0 spiro atoms. The lowest BCUT2D eigenvalue weighted by Gasteiger charge is -2.33. The van der Waals surface area contributed by atoms with Crippen molar-refractivity contribution in [2.75, 3.05) is 59.6 Å². The maximum absolute atomic E-state index is 11.1. The molecule has 8 nitrogen and oxygen atoms in total. The number of guanidine groups is 1. The maximum atomic E-state index is 11.1. The van der Waals surface area contributed by atoms with E-state index in [2.05, 4.69) is 25.3 Å². The van der Waals surface area contributed by atoms with Gasteiger partial charge in [-0.15, -0.1) is 0 Å². The molecule has 1 heterocycles. The molecule has 134 valence electrons. The van der Waals surface area contributed by atoms with Gasteiger partial charge >= 0.3 is 5.97 Å². The second-order valence-corrected chi connectivity index (χ2v) is 5.83. The summed E-state index contributed by atoms with van der Waals surface area (Å²) >= 11 is 0. The third kappa shape index (κ3) is 8.73. The summed E-state index contributed by atoms with van der Waals surface area (Å²) < 4.78 is 9.90. The van der Waals surface area contributed by atoms with Crippen LogP contribution in [-0.4, -0.2) is 87.1 Å². The summed E-state index contributed by atoms with van der Waals surface area (Å²) in [7, 11) is 1.37. The highest BCUT2D eigenvalue weighted by Gasteiger charge is 2.25. The van der Waals surface area contributed by atoms with Crippen LogP contribution < -0.4 is 10.6 Å². The number of β-amino-alcohol motifs (C(OH)–C–C–N with tert-alkyl or cyclic N) is 1. The summed E-state index contributed by atoms with van der Waals surface area (Å²) in [5.74, 6) is 0.311. The molecule has 0 aromatic heterocycles. The standard InChI is InChI=1S/C15H30N4O4/c1-4-16-14(17-6-5-13(20)22-3)18-11-15(2,21)12-19-7-9-23-10-8-19/h21H,4-12H2,1-3H3,(H2,16,17,18). The van der Waals surface area contributed by atoms with E-state index in [-0.39, 0.29) is 18.9 Å². The zero-order valence-electron chi connectivity index (χ0n) is 14.4. The van der Waals surface area contributed by atoms with Crippen molar-refractivity contribution in [1.82, 2.24) is 15.5 Å². The lowest BCUT2D eigenvalue weighted by Crippen LogP contribution is -2.48. The molecule has 0 aliphatic carbocycles. The van der Waals surface area contributed by atoms with Gasteiger partial charge < -0.3 is 25.2 Å². The number of hydrogen-bond donors (Lipinski definition) is 3. The van der Waals surface area contributed by atoms with E-state index >= 15 is 0 Å². The van der Waals surface area contributed by atoms with Crippen molar-refractivity contribution in [3.63, 3.8) is 0 Å². The number of aliphatic imine (C=N–C) groups is 1. The summed E-state index contributed by atoms with van der Waals surface area (Å²) in [6, 6.07) is 0. The zero-order chi connectivity index (χ0) is 17.1. The van der Waals surface area contributed by atoms with Crippen molar-refractivity contribution >= 4 is 11.9 Å². The summed E-state index contributed by atoms with van der Waals surface area (Å²) in [6.45, 7) is 8.79. The first kappa shape index (κ1) is 19.7. The first-order valence-electron chi connectivity index (χ1n) is 8.08. The Morgan fingerprint density at radius 3 is 2.70 bits per heavy atom. The predicted octanol–water partition coefficient (Wildman–Crippen LogP) is -0.812. The number of morpholine rings is 1. The van der Waals surface area contributed by atoms with Gasteiger partial charge in [0, 0.05) is 32.7 Å². The van der Waals surface area contributed by atoms with Gasteiger partial charge in [-0.1, -0.05) is 0 Å². The van der Waals surface area contributed by atoms with Crippen LogP contribution in [0, 0.1) is 0 Å². The van der Waals surface area contributed by atoms with E-state index in [1.54, 1.807) is 6.92 Å². The van der Waals surface area contributed by atoms with Crippen molar-refractivity contribution in [3.8, 4) is 0 Å². The predicted molar refractivity (Wildman–Crippen MR) is 88.5 cm³/mol. The zero-order valence-corrected chi connectivity index (χ0v) is 14.4. The van der Waals surface area contributed by atoms with Crippen LogP contribution in [0.1, 0.15) is 20.3 Å². The summed E-state index contributed by atoms with van der Waals surface area (Å²) in [6.07, 6.45) is 0.269. The molecule has 0 radical (unpaired) electrons. The maximum Gasteiger partial charge on any atom is 0.307 e. The molecule has 0 bridgehead atoms. The van der Waals surface area contributed by atoms with Gasteiger partial charge in [-0.25, -0.2) is 0 Å². The fraction of sp³-hybridized carbons (Fsp3) is 0.867. The molecule has 0 aromatic rings. The Hall–Kier alpha value is -1.38. The summed E-state index contributed by atoms with van der Waals surface area (Å²) in [5.41, 5.74) is -0.915. The van der Waals surface area contributed by atoms with Crippen molar-refractivity contribution < 1.29 is 19.4 Å². The first-order valence-corrected chi connectivity index (χ1v) is 8.08. The smallest absolute Gasteiger partial charge is 0.307 e. The Morgan fingerprint density at radius 1 is 1.39 bits per heavy atom. The largest absolute Gasteiger partial charge is 0.469 e. The third-order valence-electron chi connectivity index (χ3n) is 3.44. The molecule has 3 N–H and O–H groups in total. The van der Waals surface area contributed by atoms with Crippen LogP contribution in [0.15, 0.2) is 4.99 Å². The van der Waals surface area contributed by atoms with Crippen molar-refractivity contribution in [2.45, 2.75) is 25.9 Å². The fourth-order valence-electron chi connectivity index (χ4n) is 2.27. The Kier molecular flexibility index (Phi) is 8.90. The van der Waals surface area contributed by atoms with Crippen LogP contribution >= 0.6 is 0 Å². The number of carbonyl (C=O) groups excluding carboxylic acids is 1. The molecule has 1 fully saturated rings. The quantitative estimate of drug-likeness (QED) is 0.304. The van der Waals surface area contributed by atoms with E-state index in [0.29, 0.717) is 38.8 Å². The molecule has 0 amide bonds. The molecule has 23 heavy (non-hydrogen) atoms. The Morgan fingerprint density at radius 2 is 2.09 bits per heavy atom. The van der Waals surface area contributed by atoms with E-state index in [9.17, 15) is 9.90 Å². The molecule has 1 unspecified atom stereocenters. The molecule has 1 saturated heterocycles. The van der Waals surface area contributed by atoms with E-state index < -0.39 is 5.60 Å². The highest BCUT2D eigenvalue weighted by atomic mass is 16.5. The molecule has 0 saturated carbocycles. The van der Waals surface area contributed by atoms with Gasteiger partial charge in [0.1, 0.15) is 0 Å². The number of hydrogen-bond acceptors (Lipinski definition) is 6. The average molecular weight is 330 g/mol. The Labute approximate surface area is 138 Å². The number of esters is 1. The normalized spacial score (nSPS) is 19.0. The second kappa shape index (κ2) is 10.4. The second-order valence-electron chi connectivity index (χ2n) is 5.83. The number of carbonyl (C=O) groups is 1. The fourth-order valence-corrected chi connectivity index (χ4v) is 2.27. The molecule has 1 rings (SSSR count). The van der Waals surface area contributed by atoms with Crippen LogP contribution in [0.2, 0.25) is 0 Å². The molecule has 0 aromatic carbocycles. The first-order chi connectivity index (χ1) is 11.0. The minimum atomic E-state index is -0.915. The van der Waals surface area contributed by atoms with Gasteiger partial charge in [-0.2, -0.15) is 0 Å². The number of methoxy groups -OCH3 is 1. The summed E-state index contributed by atoms with van der Waals surface area (Å²) in [5, 5.41) is 16.7. The van der Waals surface area contributed by atoms with Crippen LogP contribution in [0.4, 0.5) is 0 Å². The van der Waals surface area contributed by atoms with Gasteiger partial charge in [-0.05, 0) is 13.8 Å². The Balaban J connectivity index is 2.44. The average Bonchev–Trinajstić information content (AvgIpc) is 2.53. The molecular weight excluding hydrogens is 300 g/mol. The van der Waals surface area contributed by atoms with E-state index in [1.165, 1.54) is 7.11 Å². The molecular formula is C15H30N4O4. The van der Waals surface area contributed by atoms with Gasteiger partial charge in [0.05, 0.1) is 38.9 Å². The molecule has 1 atom stereocenters. The van der Waals surface area contributed by atoms with Crippen molar-refractivity contribution in [2.24, 2.45) is 4.99 Å². The van der Waals surface area contributed by atoms with Gasteiger partial charge in [0.15, 0.2) is 5.96 Å². The van der Waals surface area contributed by atoms with E-state index in [4.69, 9.17) is 4.74 Å². The van der Waals surface area contributed by atoms with E-state index in [0.717, 1.165) is 13.1 Å². The van der Waals surface area contributed by atoms with Crippen molar-refractivity contribution in [1.29, 1.82) is 0 Å². The summed E-state index contributed by atoms with van der Waals surface area (Å²) in [4.78, 5) is 17.7. The van der Waals surface area contributed by atoms with Crippen LogP contribution in [0.25, 0.3) is 0 Å². The SMILES string of the molecule is CCNC(=NCC(C)(O)CN1CCOCC1)NCCC(=O)OC. The number of ether oxygens (including phenoxy) is 2. The van der Waals surface area contributed by atoms with Crippen LogP contribution in [-0.2, 0) is 14.3 Å². The molecule has 8 heteroatoms. The third-order valence-corrected chi connectivity index (χ3v) is 3.44. The lowest BCUT2D eigenvalue weighted by atomic mass is 10.1. The molecule has 1 aliphatic rings. The minimum Gasteiger partial charge on any atom is -0.469 e. The number of nitrogens with zero attached hydrogens (tertiary/aromatic N) is 2. The number of rotatable bonds is 8. The number of aliphatic hydroxyl groups is 1. The van der Waals surface area contributed by atoms with Crippen LogP contribution in [0.3, 0.4) is 0 Å². The Bertz CT molecular complexity index is 382. The highest BCUT2D eigenvalue weighted by Crippen LogP contribution is 2.09. The van der Waals surface area contributed by atoms with Crippen molar-refractivity contribution in [3.05, 3.63) is 0 Å². The van der Waals surface area contributed by atoms with Gasteiger partial charge in [0.25, 0.3) is 0 Å². The van der Waals surface area contributed by atoms with Crippen LogP contribution in [0.5, 0.6) is 0 Å². The van der Waals surface area contributed by atoms with Gasteiger partial charge in [0.2, 0.25) is 0 Å². The monoisotopic (exact) mass is 330 g/mol. The van der Waals surface area contributed by atoms with E-state index in [1.807, 2.05) is 6.92 Å². The minimum absolute atomic E-state index is 0.269. The lowest BCUT2D eigenvalue weighted by molar-refractivity contribution is -0.140. The highest BCUT2D eigenvalue weighted by molar-refractivity contribution is 5.80. The number of nitrogens with one attached hydrogen (secondary N) is 2.